The number of aliphatic hydroxyl groups excluding tert-OH is 1. The van der Waals surface area contributed by atoms with E-state index in [0.717, 1.165) is 28.1 Å². The molecule has 112 valence electrons. The first-order chi connectivity index (χ1) is 10.0. The monoisotopic (exact) mass is 285 g/mol. The van der Waals surface area contributed by atoms with Crippen molar-refractivity contribution >= 4 is 5.69 Å². The molecule has 0 amide bonds. The third kappa shape index (κ3) is 3.56. The van der Waals surface area contributed by atoms with Crippen LogP contribution in [0, 0.1) is 13.8 Å². The van der Waals surface area contributed by atoms with Gasteiger partial charge in [0.2, 0.25) is 0 Å². The van der Waals surface area contributed by atoms with Crippen molar-refractivity contribution < 1.29 is 9.84 Å². The Labute approximate surface area is 126 Å². The molecule has 3 nitrogen and oxygen atoms in total. The van der Waals surface area contributed by atoms with E-state index in [1.807, 2.05) is 50.1 Å². The highest BCUT2D eigenvalue weighted by Crippen LogP contribution is 2.28. The molecule has 21 heavy (non-hydrogen) atoms. The van der Waals surface area contributed by atoms with Crippen LogP contribution in [0.15, 0.2) is 42.5 Å². The Kier molecular flexibility index (Phi) is 4.86. The van der Waals surface area contributed by atoms with Crippen LogP contribution in [0.1, 0.15) is 22.8 Å². The second-order valence-corrected chi connectivity index (χ2v) is 5.43. The fourth-order valence-corrected chi connectivity index (χ4v) is 2.52. The SMILES string of the molecule is COc1ccccc1N(C)CC(O)c1cc(C)ccc1C. The van der Waals surface area contributed by atoms with Crippen LogP contribution in [-0.2, 0) is 0 Å². The van der Waals surface area contributed by atoms with Gasteiger partial charge in [-0.1, -0.05) is 35.9 Å². The lowest BCUT2D eigenvalue weighted by molar-refractivity contribution is 0.184. The number of hydrogen-bond donors (Lipinski definition) is 1. The van der Waals surface area contributed by atoms with Crippen molar-refractivity contribution in [1.82, 2.24) is 0 Å². The van der Waals surface area contributed by atoms with Crippen molar-refractivity contribution in [1.29, 1.82) is 0 Å². The van der Waals surface area contributed by atoms with Crippen LogP contribution in [0.25, 0.3) is 0 Å². The number of methoxy groups -OCH3 is 1. The smallest absolute Gasteiger partial charge is 0.142 e. The number of benzene rings is 2. The molecule has 0 radical (unpaired) electrons. The number of likely N-dealkylation sites (N-methyl/N-ethyl adjacent to an activating group) is 1. The molecular weight excluding hydrogens is 262 g/mol. The Morgan fingerprint density at radius 1 is 1.14 bits per heavy atom. The topological polar surface area (TPSA) is 32.7 Å². The average molecular weight is 285 g/mol. The molecule has 0 aliphatic carbocycles. The molecule has 0 aromatic heterocycles. The number of rotatable bonds is 5. The van der Waals surface area contributed by atoms with Crippen LogP contribution in [0.5, 0.6) is 5.75 Å². The van der Waals surface area contributed by atoms with Crippen LogP contribution in [0.2, 0.25) is 0 Å². The predicted molar refractivity (Wildman–Crippen MR) is 87.1 cm³/mol. The minimum Gasteiger partial charge on any atom is -0.495 e. The molecule has 1 atom stereocenters. The molecule has 0 spiro atoms. The zero-order valence-electron chi connectivity index (χ0n) is 13.1. The molecule has 3 heteroatoms. The van der Waals surface area contributed by atoms with Gasteiger partial charge in [-0.05, 0) is 37.1 Å². The van der Waals surface area contributed by atoms with Crippen LogP contribution < -0.4 is 9.64 Å². The molecule has 1 N–H and O–H groups in total. The molecule has 2 aromatic rings. The Bertz CT molecular complexity index is 610. The lowest BCUT2D eigenvalue weighted by atomic mass is 10.0. The molecule has 1 unspecified atom stereocenters. The summed E-state index contributed by atoms with van der Waals surface area (Å²) in [5.74, 6) is 0.813. The fraction of sp³-hybridized carbons (Fsp3) is 0.333. The summed E-state index contributed by atoms with van der Waals surface area (Å²) in [6.07, 6.45) is -0.528. The zero-order chi connectivity index (χ0) is 15.4. The second kappa shape index (κ2) is 6.64. The van der Waals surface area contributed by atoms with Gasteiger partial charge < -0.3 is 14.7 Å². The highest BCUT2D eigenvalue weighted by Gasteiger charge is 2.15. The summed E-state index contributed by atoms with van der Waals surface area (Å²) in [7, 11) is 3.63. The van der Waals surface area contributed by atoms with E-state index in [-0.39, 0.29) is 0 Å². The number of hydrogen-bond acceptors (Lipinski definition) is 3. The van der Waals surface area contributed by atoms with Gasteiger partial charge in [0.25, 0.3) is 0 Å². The predicted octanol–water partition coefficient (Wildman–Crippen LogP) is 3.48. The molecule has 2 aromatic carbocycles. The summed E-state index contributed by atoms with van der Waals surface area (Å²) < 4.78 is 5.37. The molecule has 0 aliphatic heterocycles. The van der Waals surface area contributed by atoms with Crippen LogP contribution in [-0.4, -0.2) is 25.8 Å². The Balaban J connectivity index is 2.18. The first-order valence-corrected chi connectivity index (χ1v) is 7.12. The maximum absolute atomic E-state index is 10.5. The summed E-state index contributed by atoms with van der Waals surface area (Å²) in [4.78, 5) is 2.02. The van der Waals surface area contributed by atoms with Crippen molar-refractivity contribution in [3.63, 3.8) is 0 Å². The van der Waals surface area contributed by atoms with E-state index < -0.39 is 6.10 Å². The van der Waals surface area contributed by atoms with Crippen LogP contribution >= 0.6 is 0 Å². The van der Waals surface area contributed by atoms with Crippen LogP contribution in [0.3, 0.4) is 0 Å². The van der Waals surface area contributed by atoms with E-state index in [0.29, 0.717) is 6.54 Å². The highest BCUT2D eigenvalue weighted by atomic mass is 16.5. The van der Waals surface area contributed by atoms with Crippen LogP contribution in [0.4, 0.5) is 5.69 Å². The van der Waals surface area contributed by atoms with Gasteiger partial charge in [0.05, 0.1) is 18.9 Å². The lowest BCUT2D eigenvalue weighted by Gasteiger charge is -2.25. The first kappa shape index (κ1) is 15.4. The molecule has 2 rings (SSSR count). The molecule has 0 aliphatic rings. The summed E-state index contributed by atoms with van der Waals surface area (Å²) in [5, 5.41) is 10.5. The molecular formula is C18H23NO2. The lowest BCUT2D eigenvalue weighted by Crippen LogP contribution is -2.25. The molecule has 0 heterocycles. The van der Waals surface area contributed by atoms with Gasteiger partial charge in [0, 0.05) is 13.6 Å². The minimum absolute atomic E-state index is 0.519. The van der Waals surface area contributed by atoms with Crippen molar-refractivity contribution in [2.24, 2.45) is 0 Å². The van der Waals surface area contributed by atoms with Gasteiger partial charge in [-0.3, -0.25) is 0 Å². The Morgan fingerprint density at radius 2 is 1.86 bits per heavy atom. The number of aryl methyl sites for hydroxylation is 2. The standard InChI is InChI=1S/C18H23NO2/c1-13-9-10-14(2)15(11-13)17(20)12-19(3)16-7-5-6-8-18(16)21-4/h5-11,17,20H,12H2,1-4H3. The number of aliphatic hydroxyl groups is 1. The second-order valence-electron chi connectivity index (χ2n) is 5.43. The quantitative estimate of drug-likeness (QED) is 0.913. The van der Waals surface area contributed by atoms with E-state index in [2.05, 4.69) is 18.2 Å². The number of ether oxygens (including phenoxy) is 1. The summed E-state index contributed by atoms with van der Waals surface area (Å²) in [6, 6.07) is 14.0. The normalized spacial score (nSPS) is 12.0. The molecule has 0 saturated heterocycles. The van der Waals surface area contributed by atoms with E-state index in [9.17, 15) is 5.11 Å². The summed E-state index contributed by atoms with van der Waals surface area (Å²) >= 11 is 0. The maximum Gasteiger partial charge on any atom is 0.142 e. The Morgan fingerprint density at radius 3 is 2.57 bits per heavy atom. The highest BCUT2D eigenvalue weighted by molar-refractivity contribution is 5.58. The van der Waals surface area contributed by atoms with E-state index in [1.54, 1.807) is 7.11 Å². The van der Waals surface area contributed by atoms with Gasteiger partial charge in [-0.15, -0.1) is 0 Å². The molecule has 0 bridgehead atoms. The third-order valence-electron chi connectivity index (χ3n) is 3.74. The van der Waals surface area contributed by atoms with E-state index in [4.69, 9.17) is 4.74 Å². The average Bonchev–Trinajstić information content (AvgIpc) is 2.49. The largest absolute Gasteiger partial charge is 0.495 e. The number of anilines is 1. The number of nitrogens with zero attached hydrogens (tertiary/aromatic N) is 1. The maximum atomic E-state index is 10.5. The van der Waals surface area contributed by atoms with Crippen molar-refractivity contribution in [3.05, 3.63) is 59.2 Å². The minimum atomic E-state index is -0.528. The first-order valence-electron chi connectivity index (χ1n) is 7.12. The van der Waals surface area contributed by atoms with E-state index >= 15 is 0 Å². The summed E-state index contributed by atoms with van der Waals surface area (Å²) in [6.45, 7) is 4.59. The van der Waals surface area contributed by atoms with Crippen molar-refractivity contribution in [3.8, 4) is 5.75 Å². The zero-order valence-corrected chi connectivity index (χ0v) is 13.1. The molecule has 0 fully saturated rings. The van der Waals surface area contributed by atoms with Gasteiger partial charge in [0.15, 0.2) is 0 Å². The van der Waals surface area contributed by atoms with Gasteiger partial charge in [-0.2, -0.15) is 0 Å². The van der Waals surface area contributed by atoms with E-state index in [1.165, 1.54) is 0 Å². The Hall–Kier alpha value is -2.00. The van der Waals surface area contributed by atoms with Crippen molar-refractivity contribution in [2.75, 3.05) is 25.6 Å². The van der Waals surface area contributed by atoms with Gasteiger partial charge in [0.1, 0.15) is 5.75 Å². The summed E-state index contributed by atoms with van der Waals surface area (Å²) in [5.41, 5.74) is 4.23. The van der Waals surface area contributed by atoms with Gasteiger partial charge >= 0.3 is 0 Å². The molecule has 0 saturated carbocycles. The van der Waals surface area contributed by atoms with Gasteiger partial charge in [-0.25, -0.2) is 0 Å². The number of para-hydroxylation sites is 2. The fourth-order valence-electron chi connectivity index (χ4n) is 2.52. The van der Waals surface area contributed by atoms with Crippen molar-refractivity contribution in [2.45, 2.75) is 20.0 Å². The third-order valence-corrected chi connectivity index (χ3v) is 3.74.